The first kappa shape index (κ1) is 18.8. The smallest absolute Gasteiger partial charge is 0.218 e. The van der Waals surface area contributed by atoms with E-state index in [1.54, 1.807) is 12.4 Å². The second-order valence-electron chi connectivity index (χ2n) is 6.75. The molecule has 0 saturated carbocycles. The van der Waals surface area contributed by atoms with Gasteiger partial charge in [0.2, 0.25) is 5.88 Å². The number of aryl methyl sites for hydroxylation is 1. The first-order valence-corrected chi connectivity index (χ1v) is 9.03. The van der Waals surface area contributed by atoms with Gasteiger partial charge in [0, 0.05) is 42.5 Å². The minimum atomic E-state index is -0.491. The van der Waals surface area contributed by atoms with Crippen LogP contribution in [-0.4, -0.2) is 27.0 Å². The van der Waals surface area contributed by atoms with Crippen LogP contribution >= 0.6 is 0 Å². The molecule has 4 rings (SSSR count). The van der Waals surface area contributed by atoms with Gasteiger partial charge in [0.25, 0.3) is 0 Å². The monoisotopic (exact) mass is 395 g/mol. The fourth-order valence-corrected chi connectivity index (χ4v) is 3.19. The van der Waals surface area contributed by atoms with Gasteiger partial charge in [-0.05, 0) is 41.8 Å². The van der Waals surface area contributed by atoms with Crippen molar-refractivity contribution in [2.45, 2.75) is 19.9 Å². The Balaban J connectivity index is 1.51. The molecule has 0 aromatic carbocycles. The summed E-state index contributed by atoms with van der Waals surface area (Å²) in [6, 6.07) is 4.78. The van der Waals surface area contributed by atoms with Gasteiger partial charge in [0.1, 0.15) is 11.5 Å². The van der Waals surface area contributed by atoms with Crippen molar-refractivity contribution in [3.63, 3.8) is 0 Å². The van der Waals surface area contributed by atoms with Crippen LogP contribution in [-0.2, 0) is 13.0 Å². The Bertz CT molecular complexity index is 1180. The average molecular weight is 395 g/mol. The van der Waals surface area contributed by atoms with Gasteiger partial charge >= 0.3 is 0 Å². The standard InChI is InChI=1S/C21H19F2N5O/c1-12-3-17-14(9-26-19(17)24-7-12)4-13-5-18(23)20(25-8-13)27-10-15-6-16(22)11-28-21(15)29-2/h3,5-9,11H,4,10H2,1-2H3,(H,24,26)(H,25,27). The molecule has 0 saturated heterocycles. The van der Waals surface area contributed by atoms with E-state index in [4.69, 9.17) is 4.74 Å². The Morgan fingerprint density at radius 2 is 1.90 bits per heavy atom. The highest BCUT2D eigenvalue weighted by atomic mass is 19.1. The second kappa shape index (κ2) is 7.83. The lowest BCUT2D eigenvalue weighted by Gasteiger charge is -2.10. The van der Waals surface area contributed by atoms with E-state index in [2.05, 4.69) is 25.3 Å². The highest BCUT2D eigenvalue weighted by Crippen LogP contribution is 2.23. The summed E-state index contributed by atoms with van der Waals surface area (Å²) in [5.41, 5.74) is 4.09. The highest BCUT2D eigenvalue weighted by Gasteiger charge is 2.11. The van der Waals surface area contributed by atoms with E-state index in [1.165, 1.54) is 19.2 Å². The third kappa shape index (κ3) is 4.01. The predicted octanol–water partition coefficient (Wildman–Crippen LogP) is 4.15. The topological polar surface area (TPSA) is 75.7 Å². The Kier molecular flexibility index (Phi) is 5.07. The lowest BCUT2D eigenvalue weighted by Crippen LogP contribution is -2.07. The molecule has 4 aromatic rings. The van der Waals surface area contributed by atoms with Crippen LogP contribution in [0.15, 0.2) is 43.0 Å². The lowest BCUT2D eigenvalue weighted by atomic mass is 10.1. The number of methoxy groups -OCH3 is 1. The molecule has 0 atom stereocenters. The van der Waals surface area contributed by atoms with Crippen molar-refractivity contribution in [2.24, 2.45) is 0 Å². The third-order valence-electron chi connectivity index (χ3n) is 4.58. The number of pyridine rings is 3. The summed E-state index contributed by atoms with van der Waals surface area (Å²) in [5, 5.41) is 3.88. The van der Waals surface area contributed by atoms with Gasteiger partial charge in [-0.15, -0.1) is 0 Å². The average Bonchev–Trinajstić information content (AvgIpc) is 3.09. The Hall–Kier alpha value is -3.55. The zero-order chi connectivity index (χ0) is 20.4. The molecule has 8 heteroatoms. The molecule has 0 radical (unpaired) electrons. The molecular formula is C21H19F2N5O. The molecule has 0 unspecified atom stereocenters. The van der Waals surface area contributed by atoms with Crippen LogP contribution in [0.25, 0.3) is 11.0 Å². The van der Waals surface area contributed by atoms with Crippen molar-refractivity contribution in [3.05, 3.63) is 76.9 Å². The molecule has 0 aliphatic rings. The fraction of sp³-hybridized carbons (Fsp3) is 0.190. The molecule has 0 spiro atoms. The van der Waals surface area contributed by atoms with Crippen molar-refractivity contribution in [2.75, 3.05) is 12.4 Å². The lowest BCUT2D eigenvalue weighted by molar-refractivity contribution is 0.390. The van der Waals surface area contributed by atoms with Gasteiger partial charge in [-0.1, -0.05) is 0 Å². The van der Waals surface area contributed by atoms with Crippen LogP contribution in [0.3, 0.4) is 0 Å². The summed E-state index contributed by atoms with van der Waals surface area (Å²) in [7, 11) is 1.44. The molecule has 0 aliphatic heterocycles. The number of rotatable bonds is 6. The molecule has 29 heavy (non-hydrogen) atoms. The van der Waals surface area contributed by atoms with Gasteiger partial charge in [-0.2, -0.15) is 0 Å². The van der Waals surface area contributed by atoms with Crippen molar-refractivity contribution >= 4 is 16.9 Å². The molecule has 2 N–H and O–H groups in total. The molecule has 0 fully saturated rings. The minimum absolute atomic E-state index is 0.0801. The number of anilines is 1. The summed E-state index contributed by atoms with van der Waals surface area (Å²) in [6.07, 6.45) is 6.89. The number of ether oxygens (including phenoxy) is 1. The SMILES string of the molecule is COc1ncc(F)cc1CNc1ncc(Cc2c[nH]c3ncc(C)cc23)cc1F. The maximum atomic E-state index is 14.6. The Morgan fingerprint density at radius 1 is 1.03 bits per heavy atom. The van der Waals surface area contributed by atoms with Crippen molar-refractivity contribution in [1.29, 1.82) is 0 Å². The number of hydrogen-bond acceptors (Lipinski definition) is 5. The minimum Gasteiger partial charge on any atom is -0.481 e. The largest absolute Gasteiger partial charge is 0.481 e. The maximum Gasteiger partial charge on any atom is 0.218 e. The second-order valence-corrected chi connectivity index (χ2v) is 6.75. The number of hydrogen-bond donors (Lipinski definition) is 2. The van der Waals surface area contributed by atoms with E-state index < -0.39 is 11.6 Å². The van der Waals surface area contributed by atoms with Crippen LogP contribution in [0, 0.1) is 18.6 Å². The van der Waals surface area contributed by atoms with Crippen molar-refractivity contribution in [3.8, 4) is 5.88 Å². The van der Waals surface area contributed by atoms with Crippen LogP contribution in [0.4, 0.5) is 14.6 Å². The van der Waals surface area contributed by atoms with Crippen LogP contribution in [0.5, 0.6) is 5.88 Å². The summed E-state index contributed by atoms with van der Waals surface area (Å²) < 4.78 is 33.1. The molecule has 6 nitrogen and oxygen atoms in total. The summed E-state index contributed by atoms with van der Waals surface area (Å²) >= 11 is 0. The zero-order valence-corrected chi connectivity index (χ0v) is 16.0. The highest BCUT2D eigenvalue weighted by molar-refractivity contribution is 5.80. The van der Waals surface area contributed by atoms with Crippen LogP contribution in [0.2, 0.25) is 0 Å². The van der Waals surface area contributed by atoms with Gasteiger partial charge in [0.15, 0.2) is 11.6 Å². The molecule has 4 heterocycles. The van der Waals surface area contributed by atoms with Gasteiger partial charge in [0.05, 0.1) is 13.3 Å². The van der Waals surface area contributed by atoms with Crippen molar-refractivity contribution < 1.29 is 13.5 Å². The number of aromatic amines is 1. The van der Waals surface area contributed by atoms with Gasteiger partial charge in [-0.3, -0.25) is 0 Å². The van der Waals surface area contributed by atoms with E-state index in [0.717, 1.165) is 33.9 Å². The van der Waals surface area contributed by atoms with Crippen molar-refractivity contribution in [1.82, 2.24) is 19.9 Å². The van der Waals surface area contributed by atoms with E-state index in [1.807, 2.05) is 19.2 Å². The van der Waals surface area contributed by atoms with E-state index in [9.17, 15) is 8.78 Å². The summed E-state index contributed by atoms with van der Waals surface area (Å²) in [4.78, 5) is 15.5. The molecule has 4 aromatic heterocycles. The predicted molar refractivity (Wildman–Crippen MR) is 106 cm³/mol. The first-order chi connectivity index (χ1) is 14.0. The third-order valence-corrected chi connectivity index (χ3v) is 4.58. The fourth-order valence-electron chi connectivity index (χ4n) is 3.19. The number of nitrogens with one attached hydrogen (secondary N) is 2. The number of H-pyrrole nitrogens is 1. The quantitative estimate of drug-likeness (QED) is 0.513. The number of halogens is 2. The van der Waals surface area contributed by atoms with Crippen LogP contribution in [0.1, 0.15) is 22.3 Å². The normalized spacial score (nSPS) is 11.0. The van der Waals surface area contributed by atoms with E-state index in [0.29, 0.717) is 12.0 Å². The number of nitrogens with zero attached hydrogens (tertiary/aromatic N) is 3. The van der Waals surface area contributed by atoms with Gasteiger partial charge in [-0.25, -0.2) is 23.7 Å². The Morgan fingerprint density at radius 3 is 2.69 bits per heavy atom. The van der Waals surface area contributed by atoms with E-state index in [-0.39, 0.29) is 18.2 Å². The van der Waals surface area contributed by atoms with E-state index >= 15 is 0 Å². The molecular weight excluding hydrogens is 376 g/mol. The van der Waals surface area contributed by atoms with Crippen LogP contribution < -0.4 is 10.1 Å². The molecule has 0 aliphatic carbocycles. The number of fused-ring (bicyclic) bond motifs is 1. The van der Waals surface area contributed by atoms with Gasteiger partial charge < -0.3 is 15.0 Å². The zero-order valence-electron chi connectivity index (χ0n) is 16.0. The number of aromatic nitrogens is 4. The molecule has 148 valence electrons. The Labute approximate surface area is 166 Å². The summed E-state index contributed by atoms with van der Waals surface area (Å²) in [6.45, 7) is 2.11. The summed E-state index contributed by atoms with van der Waals surface area (Å²) in [5.74, 6) is -0.620. The molecule has 0 amide bonds. The molecule has 0 bridgehead atoms. The maximum absolute atomic E-state index is 14.6. The first-order valence-electron chi connectivity index (χ1n) is 9.03.